The molecule has 10 heteroatoms. The van der Waals surface area contributed by atoms with E-state index >= 15 is 0 Å². The zero-order valence-corrected chi connectivity index (χ0v) is 17.1. The highest BCUT2D eigenvalue weighted by Gasteiger charge is 2.15. The number of nitrogens with zero attached hydrogens (tertiary/aromatic N) is 3. The molecule has 0 spiro atoms. The molecule has 0 aliphatic rings. The topological polar surface area (TPSA) is 143 Å². The lowest BCUT2D eigenvalue weighted by Gasteiger charge is -2.14. The zero-order chi connectivity index (χ0) is 21.3. The molecule has 0 saturated carbocycles. The fraction of sp³-hybridized carbons (Fsp3) is 0.263. The van der Waals surface area contributed by atoms with Crippen LogP contribution in [0.1, 0.15) is 19.4 Å². The second-order valence-corrected chi connectivity index (χ2v) is 8.60. The molecule has 0 bridgehead atoms. The molecule has 154 valence electrons. The first-order valence-corrected chi connectivity index (χ1v) is 10.5. The largest absolute Gasteiger partial charge is 0.508 e. The van der Waals surface area contributed by atoms with Gasteiger partial charge in [0.05, 0.1) is 17.5 Å². The van der Waals surface area contributed by atoms with E-state index in [-0.39, 0.29) is 23.8 Å². The van der Waals surface area contributed by atoms with E-state index in [1.165, 1.54) is 17.0 Å². The van der Waals surface area contributed by atoms with Gasteiger partial charge in [-0.1, -0.05) is 12.1 Å². The molecule has 1 atom stereocenters. The minimum absolute atomic E-state index is 0.0425. The maximum absolute atomic E-state index is 12.6. The van der Waals surface area contributed by atoms with Gasteiger partial charge in [0.25, 0.3) is 5.56 Å². The molecule has 0 saturated heterocycles. The van der Waals surface area contributed by atoms with E-state index in [1.807, 2.05) is 13.8 Å². The number of hydrogen-bond donors (Lipinski definition) is 4. The molecule has 0 amide bonds. The Hall–Kier alpha value is -2.95. The number of benzene rings is 1. The van der Waals surface area contributed by atoms with Crippen LogP contribution in [0.15, 0.2) is 35.4 Å². The van der Waals surface area contributed by atoms with Crippen LogP contribution in [0.2, 0.25) is 0 Å². The molecule has 0 radical (unpaired) electrons. The number of nitrogens with two attached hydrogens (primary N) is 1. The van der Waals surface area contributed by atoms with Gasteiger partial charge in [0.15, 0.2) is 0 Å². The molecular formula is C19H23N5O4S. The highest BCUT2D eigenvalue weighted by Crippen LogP contribution is 2.29. The summed E-state index contributed by atoms with van der Waals surface area (Å²) in [6, 6.07) is 6.59. The van der Waals surface area contributed by atoms with E-state index in [1.54, 1.807) is 25.2 Å². The molecule has 9 nitrogen and oxygen atoms in total. The van der Waals surface area contributed by atoms with Gasteiger partial charge in [-0.2, -0.15) is 0 Å². The van der Waals surface area contributed by atoms with E-state index in [0.29, 0.717) is 33.5 Å². The first-order chi connectivity index (χ1) is 13.5. The minimum Gasteiger partial charge on any atom is -0.508 e. The third kappa shape index (κ3) is 4.73. The van der Waals surface area contributed by atoms with Gasteiger partial charge in [0.1, 0.15) is 26.9 Å². The van der Waals surface area contributed by atoms with Crippen molar-refractivity contribution in [2.45, 2.75) is 26.3 Å². The number of fused-ring (bicyclic) bond motifs is 1. The number of rotatable bonds is 5. The van der Waals surface area contributed by atoms with Crippen LogP contribution in [-0.4, -0.2) is 39.8 Å². The molecule has 0 aliphatic carbocycles. The Morgan fingerprint density at radius 1 is 1.34 bits per heavy atom. The molecule has 2 heterocycles. The average molecular weight is 417 g/mol. The van der Waals surface area contributed by atoms with Crippen LogP contribution in [0, 0.1) is 0 Å². The molecule has 3 aromatic rings. The quantitative estimate of drug-likeness (QED) is 0.461. The van der Waals surface area contributed by atoms with Crippen molar-refractivity contribution in [3.63, 3.8) is 0 Å². The average Bonchev–Trinajstić information content (AvgIpc) is 2.62. The van der Waals surface area contributed by atoms with Crippen LogP contribution in [0.5, 0.6) is 5.75 Å². The van der Waals surface area contributed by atoms with Crippen LogP contribution in [0.3, 0.4) is 0 Å². The monoisotopic (exact) mass is 417 g/mol. The molecule has 5 N–H and O–H groups in total. The molecule has 0 aliphatic heterocycles. The maximum Gasteiger partial charge on any atom is 0.264 e. The van der Waals surface area contributed by atoms with Crippen LogP contribution in [0.4, 0.5) is 5.82 Å². The number of aryl methyl sites for hydroxylation is 1. The van der Waals surface area contributed by atoms with Crippen molar-refractivity contribution >= 4 is 32.1 Å². The standard InChI is InChI=1S/C19H23N5O4S/c1-11(2)22-18-17-15(21-10-24(3)19(17)26)9-14(23-18)13-5-4-12(16(25)8-13)6-7-29(20,27)28/h4-5,7-11,25H,6H2,1-3H3,(H,22,23)(H3,20,27,28). The highest BCUT2D eigenvalue weighted by atomic mass is 32.2. The summed E-state index contributed by atoms with van der Waals surface area (Å²) in [5, 5.41) is 20.0. The Kier molecular flexibility index (Phi) is 5.60. The normalized spacial score (nSPS) is 13.4. The Balaban J connectivity index is 2.13. The number of hydrogen-bond acceptors (Lipinski definition) is 6. The van der Waals surface area contributed by atoms with E-state index in [9.17, 15) is 14.1 Å². The number of aromatic hydroxyl groups is 1. The molecule has 29 heavy (non-hydrogen) atoms. The predicted octanol–water partition coefficient (Wildman–Crippen LogP) is 1.50. The third-order valence-corrected chi connectivity index (χ3v) is 4.90. The lowest BCUT2D eigenvalue weighted by atomic mass is 10.0. The van der Waals surface area contributed by atoms with Crippen molar-refractivity contribution in [3.8, 4) is 17.0 Å². The van der Waals surface area contributed by atoms with Gasteiger partial charge in [-0.3, -0.25) is 4.79 Å². The van der Waals surface area contributed by atoms with Crippen molar-refractivity contribution in [1.82, 2.24) is 14.5 Å². The summed E-state index contributed by atoms with van der Waals surface area (Å²) in [6.07, 6.45) is 1.49. The van der Waals surface area contributed by atoms with Crippen LogP contribution >= 0.6 is 0 Å². The second-order valence-electron chi connectivity index (χ2n) is 7.04. The van der Waals surface area contributed by atoms with Crippen LogP contribution in [-0.2, 0) is 23.5 Å². The Bertz CT molecular complexity index is 1250. The first kappa shape index (κ1) is 20.8. The molecule has 1 aromatic carbocycles. The number of phenolic OH excluding ortho intramolecular Hbond substituents is 1. The Morgan fingerprint density at radius 2 is 2.07 bits per heavy atom. The maximum atomic E-state index is 12.6. The summed E-state index contributed by atoms with van der Waals surface area (Å²) < 4.78 is 21.8. The number of phenols is 1. The second kappa shape index (κ2) is 7.82. The summed E-state index contributed by atoms with van der Waals surface area (Å²) in [6.45, 7) is 3.88. The van der Waals surface area contributed by atoms with E-state index in [2.05, 4.69) is 15.3 Å². The van der Waals surface area contributed by atoms with Crippen molar-refractivity contribution < 1.29 is 13.9 Å². The highest BCUT2D eigenvalue weighted by molar-refractivity contribution is 7.94. The van der Waals surface area contributed by atoms with Crippen LogP contribution < -0.4 is 16.0 Å². The van der Waals surface area contributed by atoms with E-state index < -0.39 is 9.99 Å². The van der Waals surface area contributed by atoms with Gasteiger partial charge < -0.3 is 19.5 Å². The molecule has 0 fully saturated rings. The summed E-state index contributed by atoms with van der Waals surface area (Å²) in [5.41, 5.74) is 1.87. The summed E-state index contributed by atoms with van der Waals surface area (Å²) >= 11 is 0. The summed E-state index contributed by atoms with van der Waals surface area (Å²) in [7, 11) is -1.87. The first-order valence-electron chi connectivity index (χ1n) is 8.88. The predicted molar refractivity (Wildman–Crippen MR) is 115 cm³/mol. The number of pyridine rings is 1. The van der Waals surface area contributed by atoms with E-state index in [4.69, 9.17) is 9.69 Å². The van der Waals surface area contributed by atoms with Crippen LogP contribution in [0.25, 0.3) is 22.2 Å². The lowest BCUT2D eigenvalue weighted by molar-refractivity contribution is 0.470. The molecule has 1 unspecified atom stereocenters. The SMILES string of the molecule is CC(C)Nc1nc(-c2ccc(CC=S(N)(=O)O)c(O)c2)cc2ncn(C)c(=O)c12. The van der Waals surface area contributed by atoms with Gasteiger partial charge in [0, 0.05) is 30.4 Å². The smallest absolute Gasteiger partial charge is 0.264 e. The zero-order valence-electron chi connectivity index (χ0n) is 16.3. The summed E-state index contributed by atoms with van der Waals surface area (Å²) in [4.78, 5) is 21.5. The van der Waals surface area contributed by atoms with Gasteiger partial charge in [-0.15, -0.1) is 0 Å². The van der Waals surface area contributed by atoms with Crippen molar-refractivity contribution in [3.05, 3.63) is 46.5 Å². The Morgan fingerprint density at radius 3 is 2.69 bits per heavy atom. The minimum atomic E-state index is -3.50. The van der Waals surface area contributed by atoms with Crippen molar-refractivity contribution in [2.24, 2.45) is 12.2 Å². The summed E-state index contributed by atoms with van der Waals surface area (Å²) in [5.74, 6) is 0.362. The van der Waals surface area contributed by atoms with Gasteiger partial charge in [-0.25, -0.2) is 19.3 Å². The fourth-order valence-electron chi connectivity index (χ4n) is 2.85. The fourth-order valence-corrected chi connectivity index (χ4v) is 3.27. The van der Waals surface area contributed by atoms with Crippen molar-refractivity contribution in [2.75, 3.05) is 5.32 Å². The van der Waals surface area contributed by atoms with Crippen molar-refractivity contribution in [1.29, 1.82) is 0 Å². The molecule has 2 aromatic heterocycles. The number of aromatic nitrogens is 3. The number of anilines is 1. The van der Waals surface area contributed by atoms with E-state index in [0.717, 1.165) is 5.37 Å². The lowest BCUT2D eigenvalue weighted by Crippen LogP contribution is -2.21. The van der Waals surface area contributed by atoms with Gasteiger partial charge >= 0.3 is 0 Å². The molecular weight excluding hydrogens is 394 g/mol. The van der Waals surface area contributed by atoms with Gasteiger partial charge in [0.2, 0.25) is 0 Å². The Labute approximate surface area is 168 Å². The van der Waals surface area contributed by atoms with Gasteiger partial charge in [-0.05, 0) is 31.5 Å². The molecule has 3 rings (SSSR count). The third-order valence-electron chi connectivity index (χ3n) is 4.25. The number of nitrogens with one attached hydrogen (secondary N) is 1.